The predicted molar refractivity (Wildman–Crippen MR) is 76.9 cm³/mol. The van der Waals surface area contributed by atoms with Crippen molar-refractivity contribution in [3.8, 4) is 0 Å². The van der Waals surface area contributed by atoms with Crippen LogP contribution in [-0.4, -0.2) is 29.7 Å². The Bertz CT molecular complexity index is 498. The van der Waals surface area contributed by atoms with Crippen molar-refractivity contribution in [2.24, 2.45) is 5.10 Å². The smallest absolute Gasteiger partial charge is 0.241 e. The van der Waals surface area contributed by atoms with E-state index in [0.29, 0.717) is 0 Å². The maximum absolute atomic E-state index is 12.9. The Morgan fingerprint density at radius 1 is 1.45 bits per heavy atom. The molecular weight excluding hydrogens is 257 g/mol. The fraction of sp³-hybridized carbons (Fsp3) is 0.467. The SMILES string of the molecule is CCC(NC(=O)CN1CCC(C)=N1)c1ccc(F)cc1. The number of amides is 1. The standard InChI is InChI=1S/C15H20FN3O/c1-3-14(12-4-6-13(16)7-5-12)17-15(20)10-19-9-8-11(2)18-19/h4-7,14H,3,8-10H2,1-2H3,(H,17,20). The molecule has 0 saturated carbocycles. The lowest BCUT2D eigenvalue weighted by atomic mass is 10.0. The molecule has 1 aromatic carbocycles. The minimum Gasteiger partial charge on any atom is -0.348 e. The number of carbonyl (C=O) groups is 1. The van der Waals surface area contributed by atoms with E-state index in [4.69, 9.17) is 0 Å². The minimum atomic E-state index is -0.267. The number of halogens is 1. The van der Waals surface area contributed by atoms with Crippen molar-refractivity contribution >= 4 is 11.6 Å². The van der Waals surface area contributed by atoms with E-state index in [1.807, 2.05) is 13.8 Å². The summed E-state index contributed by atoms with van der Waals surface area (Å²) in [4.78, 5) is 12.0. The monoisotopic (exact) mass is 277 g/mol. The van der Waals surface area contributed by atoms with Crippen molar-refractivity contribution < 1.29 is 9.18 Å². The second-order valence-corrected chi connectivity index (χ2v) is 5.05. The van der Waals surface area contributed by atoms with Crippen molar-refractivity contribution in [2.75, 3.05) is 13.1 Å². The Morgan fingerprint density at radius 3 is 2.70 bits per heavy atom. The van der Waals surface area contributed by atoms with Crippen LogP contribution in [0.15, 0.2) is 29.4 Å². The van der Waals surface area contributed by atoms with Gasteiger partial charge in [-0.25, -0.2) is 4.39 Å². The highest BCUT2D eigenvalue weighted by molar-refractivity contribution is 5.84. The summed E-state index contributed by atoms with van der Waals surface area (Å²) in [5.74, 6) is -0.323. The van der Waals surface area contributed by atoms with E-state index in [0.717, 1.165) is 30.7 Å². The molecule has 0 bridgehead atoms. The molecule has 0 aliphatic carbocycles. The maximum atomic E-state index is 12.9. The number of carbonyl (C=O) groups excluding carboxylic acids is 1. The zero-order chi connectivity index (χ0) is 14.5. The van der Waals surface area contributed by atoms with Crippen molar-refractivity contribution in [1.82, 2.24) is 10.3 Å². The van der Waals surface area contributed by atoms with E-state index >= 15 is 0 Å². The first kappa shape index (κ1) is 14.5. The van der Waals surface area contributed by atoms with E-state index in [2.05, 4.69) is 10.4 Å². The second-order valence-electron chi connectivity index (χ2n) is 5.05. The zero-order valence-corrected chi connectivity index (χ0v) is 11.9. The number of hydrazone groups is 1. The van der Waals surface area contributed by atoms with Gasteiger partial charge in [0.2, 0.25) is 5.91 Å². The van der Waals surface area contributed by atoms with Gasteiger partial charge in [0.15, 0.2) is 0 Å². The van der Waals surface area contributed by atoms with E-state index in [1.165, 1.54) is 12.1 Å². The minimum absolute atomic E-state index is 0.0559. The summed E-state index contributed by atoms with van der Waals surface area (Å²) in [6, 6.07) is 6.16. The van der Waals surface area contributed by atoms with Gasteiger partial charge < -0.3 is 5.32 Å². The summed E-state index contributed by atoms with van der Waals surface area (Å²) < 4.78 is 12.9. The number of benzene rings is 1. The second kappa shape index (κ2) is 6.50. The largest absolute Gasteiger partial charge is 0.348 e. The Kier molecular flexibility index (Phi) is 4.71. The topological polar surface area (TPSA) is 44.7 Å². The third kappa shape index (κ3) is 3.79. The molecule has 1 N–H and O–H groups in total. The summed E-state index contributed by atoms with van der Waals surface area (Å²) in [5, 5.41) is 9.04. The first-order chi connectivity index (χ1) is 9.58. The number of hydrogen-bond donors (Lipinski definition) is 1. The van der Waals surface area contributed by atoms with Crippen molar-refractivity contribution in [3.63, 3.8) is 0 Å². The fourth-order valence-corrected chi connectivity index (χ4v) is 2.27. The summed E-state index contributed by atoms with van der Waals surface area (Å²) in [5.41, 5.74) is 1.98. The van der Waals surface area contributed by atoms with Crippen LogP contribution in [0.5, 0.6) is 0 Å². The molecule has 1 aliphatic rings. The van der Waals surface area contributed by atoms with Gasteiger partial charge in [-0.3, -0.25) is 9.80 Å². The van der Waals surface area contributed by atoms with Crippen LogP contribution in [0.4, 0.5) is 4.39 Å². The molecule has 0 spiro atoms. The van der Waals surface area contributed by atoms with Gasteiger partial charge in [-0.1, -0.05) is 19.1 Å². The molecule has 0 aromatic heterocycles. The van der Waals surface area contributed by atoms with Crippen LogP contribution in [0.2, 0.25) is 0 Å². The highest BCUT2D eigenvalue weighted by Crippen LogP contribution is 2.17. The van der Waals surface area contributed by atoms with E-state index in [9.17, 15) is 9.18 Å². The molecule has 4 nitrogen and oxygen atoms in total. The fourth-order valence-electron chi connectivity index (χ4n) is 2.27. The van der Waals surface area contributed by atoms with E-state index < -0.39 is 0 Å². The van der Waals surface area contributed by atoms with Crippen LogP contribution >= 0.6 is 0 Å². The van der Waals surface area contributed by atoms with Crippen LogP contribution in [0, 0.1) is 5.82 Å². The van der Waals surface area contributed by atoms with Crippen molar-refractivity contribution in [2.45, 2.75) is 32.7 Å². The van der Waals surface area contributed by atoms with Gasteiger partial charge in [-0.05, 0) is 31.0 Å². The molecule has 1 unspecified atom stereocenters. The molecule has 1 amide bonds. The third-order valence-corrected chi connectivity index (χ3v) is 3.39. The molecule has 0 radical (unpaired) electrons. The molecule has 5 heteroatoms. The van der Waals surface area contributed by atoms with Gasteiger partial charge in [0, 0.05) is 18.7 Å². The number of nitrogens with zero attached hydrogens (tertiary/aromatic N) is 2. The Labute approximate surface area is 118 Å². The molecule has 1 aliphatic heterocycles. The van der Waals surface area contributed by atoms with Gasteiger partial charge in [-0.15, -0.1) is 0 Å². The molecule has 1 heterocycles. The lowest BCUT2D eigenvalue weighted by Crippen LogP contribution is -2.36. The molecule has 108 valence electrons. The Hall–Kier alpha value is -1.91. The Balaban J connectivity index is 1.92. The summed E-state index contributed by atoms with van der Waals surface area (Å²) in [7, 11) is 0. The molecule has 0 saturated heterocycles. The highest BCUT2D eigenvalue weighted by atomic mass is 19.1. The van der Waals surface area contributed by atoms with Gasteiger partial charge in [0.05, 0.1) is 6.04 Å². The predicted octanol–water partition coefficient (Wildman–Crippen LogP) is 2.47. The molecule has 0 fully saturated rings. The number of hydrogen-bond acceptors (Lipinski definition) is 3. The third-order valence-electron chi connectivity index (χ3n) is 3.39. The van der Waals surface area contributed by atoms with Gasteiger partial charge >= 0.3 is 0 Å². The van der Waals surface area contributed by atoms with Crippen molar-refractivity contribution in [1.29, 1.82) is 0 Å². The maximum Gasteiger partial charge on any atom is 0.241 e. The highest BCUT2D eigenvalue weighted by Gasteiger charge is 2.17. The molecular formula is C15H20FN3O. The number of nitrogens with one attached hydrogen (secondary N) is 1. The summed E-state index contributed by atoms with van der Waals surface area (Å²) >= 11 is 0. The molecule has 1 aromatic rings. The average Bonchev–Trinajstić information content (AvgIpc) is 2.82. The molecule has 2 rings (SSSR count). The van der Waals surface area contributed by atoms with Gasteiger partial charge in [-0.2, -0.15) is 5.10 Å². The summed E-state index contributed by atoms with van der Waals surface area (Å²) in [6.07, 6.45) is 1.68. The molecule has 20 heavy (non-hydrogen) atoms. The lowest BCUT2D eigenvalue weighted by Gasteiger charge is -2.19. The quantitative estimate of drug-likeness (QED) is 0.898. The van der Waals surface area contributed by atoms with Gasteiger partial charge in [0.1, 0.15) is 12.4 Å². The number of rotatable bonds is 5. The first-order valence-electron chi connectivity index (χ1n) is 6.92. The van der Waals surface area contributed by atoms with E-state index in [1.54, 1.807) is 17.1 Å². The van der Waals surface area contributed by atoms with Gasteiger partial charge in [0.25, 0.3) is 0 Å². The van der Waals surface area contributed by atoms with Crippen LogP contribution in [0.25, 0.3) is 0 Å². The van der Waals surface area contributed by atoms with Crippen LogP contribution in [0.1, 0.15) is 38.3 Å². The average molecular weight is 277 g/mol. The van der Waals surface area contributed by atoms with Crippen LogP contribution < -0.4 is 5.32 Å². The van der Waals surface area contributed by atoms with E-state index in [-0.39, 0.29) is 24.3 Å². The molecule has 1 atom stereocenters. The van der Waals surface area contributed by atoms with Crippen LogP contribution in [0.3, 0.4) is 0 Å². The zero-order valence-electron chi connectivity index (χ0n) is 11.9. The lowest BCUT2D eigenvalue weighted by molar-refractivity contribution is -0.122. The van der Waals surface area contributed by atoms with Crippen molar-refractivity contribution in [3.05, 3.63) is 35.6 Å². The van der Waals surface area contributed by atoms with Crippen LogP contribution in [-0.2, 0) is 4.79 Å². The normalized spacial score (nSPS) is 15.9. The first-order valence-corrected chi connectivity index (χ1v) is 6.92. The Morgan fingerprint density at radius 2 is 2.15 bits per heavy atom. The summed E-state index contributed by atoms with van der Waals surface area (Å²) in [6.45, 7) is 5.03.